The Morgan fingerprint density at radius 2 is 2.00 bits per heavy atom. The number of nitrogens with zero attached hydrogens (tertiary/aromatic N) is 1. The summed E-state index contributed by atoms with van der Waals surface area (Å²) in [5.74, 6) is 0.739. The second-order valence-electron chi connectivity index (χ2n) is 4.99. The molecule has 0 spiro atoms. The first-order valence-corrected chi connectivity index (χ1v) is 7.97. The van der Waals surface area contributed by atoms with Crippen molar-refractivity contribution in [3.05, 3.63) is 18.0 Å². The van der Waals surface area contributed by atoms with Crippen molar-refractivity contribution in [1.29, 1.82) is 0 Å². The summed E-state index contributed by atoms with van der Waals surface area (Å²) in [4.78, 5) is 3.13. The lowest BCUT2D eigenvalue weighted by Gasteiger charge is -2.25. The van der Waals surface area contributed by atoms with Crippen molar-refractivity contribution in [2.75, 3.05) is 7.05 Å². The Balaban J connectivity index is 2.92. The summed E-state index contributed by atoms with van der Waals surface area (Å²) >= 11 is 5.66. The van der Waals surface area contributed by atoms with Crippen LogP contribution in [-0.4, -0.2) is 30.8 Å². The Morgan fingerprint density at radius 1 is 1.39 bits per heavy atom. The number of sulfonamides is 1. The molecule has 6 heteroatoms. The minimum atomic E-state index is -3.43. The lowest BCUT2D eigenvalue weighted by molar-refractivity contribution is 0.338. The van der Waals surface area contributed by atoms with Crippen molar-refractivity contribution >= 4 is 21.6 Å². The molecule has 0 aromatic carbocycles. The van der Waals surface area contributed by atoms with Gasteiger partial charge in [-0.05, 0) is 25.3 Å². The van der Waals surface area contributed by atoms with Crippen LogP contribution in [0.15, 0.2) is 17.2 Å². The largest absolute Gasteiger partial charge is 0.363 e. The minimum Gasteiger partial charge on any atom is -0.363 e. The van der Waals surface area contributed by atoms with Gasteiger partial charge in [-0.1, -0.05) is 13.8 Å². The predicted molar refractivity (Wildman–Crippen MR) is 74.2 cm³/mol. The predicted octanol–water partition coefficient (Wildman–Crippen LogP) is 2.81. The molecule has 0 fully saturated rings. The second-order valence-corrected chi connectivity index (χ2v) is 7.26. The highest BCUT2D eigenvalue weighted by molar-refractivity contribution is 7.89. The minimum absolute atomic E-state index is 0.0237. The van der Waals surface area contributed by atoms with Crippen molar-refractivity contribution in [2.45, 2.75) is 44.0 Å². The third-order valence-electron chi connectivity index (χ3n) is 2.97. The summed E-state index contributed by atoms with van der Waals surface area (Å²) in [6.45, 7) is 6.09. The van der Waals surface area contributed by atoms with Crippen LogP contribution in [0, 0.1) is 5.92 Å². The van der Waals surface area contributed by atoms with E-state index in [9.17, 15) is 8.42 Å². The smallest absolute Gasteiger partial charge is 0.244 e. The Kier molecular flexibility index (Phi) is 5.25. The number of rotatable bonds is 6. The molecule has 1 rings (SSSR count). The average Bonchev–Trinajstić information content (AvgIpc) is 2.76. The number of H-pyrrole nitrogens is 1. The summed E-state index contributed by atoms with van der Waals surface area (Å²) in [5, 5.41) is 0. The van der Waals surface area contributed by atoms with E-state index >= 15 is 0 Å². The molecule has 18 heavy (non-hydrogen) atoms. The zero-order valence-corrected chi connectivity index (χ0v) is 12.8. The van der Waals surface area contributed by atoms with Crippen molar-refractivity contribution in [2.24, 2.45) is 5.92 Å². The highest BCUT2D eigenvalue weighted by Gasteiger charge is 2.26. The van der Waals surface area contributed by atoms with Gasteiger partial charge in [0.25, 0.3) is 0 Å². The van der Waals surface area contributed by atoms with Crippen LogP contribution >= 0.6 is 11.6 Å². The van der Waals surface area contributed by atoms with E-state index < -0.39 is 10.0 Å². The Morgan fingerprint density at radius 3 is 2.44 bits per heavy atom. The van der Waals surface area contributed by atoms with Crippen LogP contribution in [0.4, 0.5) is 0 Å². The van der Waals surface area contributed by atoms with Crippen LogP contribution in [0.25, 0.3) is 0 Å². The molecule has 0 bridgehead atoms. The summed E-state index contributed by atoms with van der Waals surface area (Å²) < 4.78 is 26.1. The summed E-state index contributed by atoms with van der Waals surface area (Å²) in [6, 6.07) is 1.56. The van der Waals surface area contributed by atoms with E-state index in [0.717, 1.165) is 6.42 Å². The maximum absolute atomic E-state index is 12.3. The van der Waals surface area contributed by atoms with E-state index in [2.05, 4.69) is 18.8 Å². The maximum atomic E-state index is 12.3. The molecule has 0 saturated heterocycles. The van der Waals surface area contributed by atoms with Gasteiger partial charge in [0, 0.05) is 25.0 Å². The quantitative estimate of drug-likeness (QED) is 0.820. The van der Waals surface area contributed by atoms with Crippen LogP contribution in [0.2, 0.25) is 0 Å². The molecule has 0 radical (unpaired) electrons. The zero-order valence-electron chi connectivity index (χ0n) is 11.3. The second kappa shape index (κ2) is 6.08. The number of aromatic amines is 1. The maximum Gasteiger partial charge on any atom is 0.244 e. The lowest BCUT2D eigenvalue weighted by Crippen LogP contribution is -2.35. The molecule has 104 valence electrons. The third-order valence-corrected chi connectivity index (χ3v) is 5.21. The molecule has 4 nitrogen and oxygen atoms in total. The van der Waals surface area contributed by atoms with Crippen molar-refractivity contribution < 1.29 is 8.42 Å². The number of nitrogens with one attached hydrogen (secondary N) is 1. The van der Waals surface area contributed by atoms with Crippen molar-refractivity contribution in [3.8, 4) is 0 Å². The summed E-state index contributed by atoms with van der Waals surface area (Å²) in [6.07, 6.45) is 2.33. The molecule has 0 amide bonds. The van der Waals surface area contributed by atoms with E-state index in [1.165, 1.54) is 10.5 Å². The van der Waals surface area contributed by atoms with E-state index in [1.807, 2.05) is 6.92 Å². The van der Waals surface area contributed by atoms with Gasteiger partial charge in [0.2, 0.25) is 10.0 Å². The van der Waals surface area contributed by atoms with Gasteiger partial charge in [0.1, 0.15) is 0 Å². The normalized spacial score (nSPS) is 14.4. The van der Waals surface area contributed by atoms with Gasteiger partial charge in [-0.3, -0.25) is 0 Å². The van der Waals surface area contributed by atoms with Crippen molar-refractivity contribution in [1.82, 2.24) is 9.29 Å². The van der Waals surface area contributed by atoms with Gasteiger partial charge < -0.3 is 4.98 Å². The molecule has 0 aliphatic heterocycles. The van der Waals surface area contributed by atoms with Crippen LogP contribution in [0.1, 0.15) is 32.9 Å². The van der Waals surface area contributed by atoms with Gasteiger partial charge in [0.15, 0.2) is 0 Å². The molecule has 1 aromatic heterocycles. The third kappa shape index (κ3) is 3.49. The fourth-order valence-electron chi connectivity index (χ4n) is 1.88. The molecular weight excluding hydrogens is 272 g/mol. The lowest BCUT2D eigenvalue weighted by atomic mass is 10.1. The number of aromatic nitrogens is 1. The van der Waals surface area contributed by atoms with E-state index in [0.29, 0.717) is 11.6 Å². The van der Waals surface area contributed by atoms with Crippen molar-refractivity contribution in [3.63, 3.8) is 0 Å². The van der Waals surface area contributed by atoms with E-state index in [4.69, 9.17) is 11.6 Å². The molecule has 0 aliphatic rings. The first kappa shape index (κ1) is 15.5. The fourth-order valence-corrected chi connectivity index (χ4v) is 3.42. The molecular formula is C12H21ClN2O2S. The first-order valence-electron chi connectivity index (χ1n) is 6.00. The molecule has 1 N–H and O–H groups in total. The average molecular weight is 293 g/mol. The monoisotopic (exact) mass is 292 g/mol. The number of halogens is 1. The molecule has 0 aliphatic carbocycles. The van der Waals surface area contributed by atoms with Crippen LogP contribution < -0.4 is 0 Å². The van der Waals surface area contributed by atoms with E-state index in [1.54, 1.807) is 13.1 Å². The Hall–Kier alpha value is -0.520. The summed E-state index contributed by atoms with van der Waals surface area (Å²) in [7, 11) is -1.81. The highest BCUT2D eigenvalue weighted by atomic mass is 35.5. The molecule has 1 heterocycles. The van der Waals surface area contributed by atoms with Gasteiger partial charge in [-0.15, -0.1) is 11.6 Å². The van der Waals surface area contributed by atoms with Crippen LogP contribution in [0.5, 0.6) is 0 Å². The number of hydrogen-bond acceptors (Lipinski definition) is 2. The van der Waals surface area contributed by atoms with Gasteiger partial charge in [0.05, 0.1) is 10.8 Å². The molecule has 1 atom stereocenters. The SMILES string of the molecule is CC(C)CC(C)N(C)S(=O)(=O)c1c[nH]c(CCl)c1. The molecule has 1 aromatic rings. The number of hydrogen-bond donors (Lipinski definition) is 1. The topological polar surface area (TPSA) is 53.2 Å². The van der Waals surface area contributed by atoms with E-state index in [-0.39, 0.29) is 16.8 Å². The van der Waals surface area contributed by atoms with Gasteiger partial charge in [-0.25, -0.2) is 8.42 Å². The number of alkyl halides is 1. The summed E-state index contributed by atoms with van der Waals surface area (Å²) in [5.41, 5.74) is 0.708. The fraction of sp³-hybridized carbons (Fsp3) is 0.667. The Labute approximate surface area is 114 Å². The van der Waals surface area contributed by atoms with Crippen LogP contribution in [-0.2, 0) is 15.9 Å². The van der Waals surface area contributed by atoms with Crippen LogP contribution in [0.3, 0.4) is 0 Å². The highest BCUT2D eigenvalue weighted by Crippen LogP contribution is 2.21. The molecule has 1 unspecified atom stereocenters. The standard InChI is InChI=1S/C12H21ClN2O2S/c1-9(2)5-10(3)15(4)18(16,17)12-6-11(7-13)14-8-12/h6,8-10,14H,5,7H2,1-4H3. The zero-order chi connectivity index (χ0) is 13.9. The van der Waals surface area contributed by atoms with Gasteiger partial charge in [-0.2, -0.15) is 4.31 Å². The Bertz CT molecular complexity index is 482. The molecule has 0 saturated carbocycles. The van der Waals surface area contributed by atoms with Gasteiger partial charge >= 0.3 is 0 Å². The first-order chi connectivity index (χ1) is 8.28.